The maximum Gasteiger partial charge on any atom is 0.259 e. The Bertz CT molecular complexity index is 655. The average molecular weight is 434 g/mol. The smallest absolute Gasteiger partial charge is 0.259 e. The van der Waals surface area contributed by atoms with Gasteiger partial charge in [0, 0.05) is 14.6 Å². The molecule has 3 nitrogen and oxygen atoms in total. The third-order valence-electron chi connectivity index (χ3n) is 3.84. The summed E-state index contributed by atoms with van der Waals surface area (Å²) in [6.45, 7) is 1.88. The number of hydroxylamine groups is 1. The van der Waals surface area contributed by atoms with Gasteiger partial charge in [0.05, 0.1) is 8.53 Å². The molecule has 2 rings (SSSR count). The summed E-state index contributed by atoms with van der Waals surface area (Å²) in [4.78, 5) is 15.7. The Hall–Kier alpha value is -0.340. The lowest BCUT2D eigenvalue weighted by Crippen LogP contribution is -2.40. The quantitative estimate of drug-likeness (QED) is 0.324. The van der Waals surface area contributed by atoms with Crippen LogP contribution < -0.4 is 5.48 Å². The normalized spacial score (nSPS) is 13.7. The number of thioether (sulfide) groups is 1. The first-order chi connectivity index (χ1) is 11.0. The summed E-state index contributed by atoms with van der Waals surface area (Å²) < 4.78 is 0.597. The first kappa shape index (κ1) is 19.0. The zero-order valence-electron chi connectivity index (χ0n) is 13.1. The van der Waals surface area contributed by atoms with Crippen LogP contribution >= 0.6 is 50.4 Å². The molecule has 0 saturated carbocycles. The summed E-state index contributed by atoms with van der Waals surface area (Å²) in [5.41, 5.74) is 1.78. The number of nitrogens with one attached hydrogen (secondary N) is 1. The lowest BCUT2D eigenvalue weighted by Gasteiger charge is -2.24. The van der Waals surface area contributed by atoms with Crippen LogP contribution in [0.25, 0.3) is 9.75 Å². The minimum Gasteiger partial charge on any atom is -0.289 e. The number of thiophene rings is 2. The Morgan fingerprint density at radius 3 is 2.57 bits per heavy atom. The van der Waals surface area contributed by atoms with E-state index in [1.807, 2.05) is 24.5 Å². The third-order valence-corrected chi connectivity index (χ3v) is 8.09. The lowest BCUT2D eigenvalue weighted by atomic mass is 10.0. The molecule has 126 valence electrons. The maximum atomic E-state index is 11.7. The van der Waals surface area contributed by atoms with Crippen molar-refractivity contribution in [2.45, 2.75) is 37.4 Å². The molecule has 0 bridgehead atoms. The predicted octanol–water partition coefficient (Wildman–Crippen LogP) is 5.58. The molecule has 2 aromatic rings. The van der Waals surface area contributed by atoms with E-state index in [9.17, 15) is 4.79 Å². The standard InChI is InChI=1S/C16H20BrNO2S3/c1-16(21-2,15(19)18-20)10-4-3-5-11-6-7-12(22-11)13-8-9-14(17)23-13/h6-9,20H,3-5,10H2,1-2H3,(H,18,19). The fraction of sp³-hybridized carbons (Fsp3) is 0.438. The van der Waals surface area contributed by atoms with Crippen LogP contribution in [0.15, 0.2) is 28.1 Å². The van der Waals surface area contributed by atoms with Crippen LogP contribution in [-0.4, -0.2) is 22.1 Å². The molecule has 1 unspecified atom stereocenters. The Labute approximate surface area is 157 Å². The molecular weight excluding hydrogens is 414 g/mol. The summed E-state index contributed by atoms with van der Waals surface area (Å²) >= 11 is 8.57. The topological polar surface area (TPSA) is 49.3 Å². The second kappa shape index (κ2) is 8.67. The molecule has 0 aliphatic heterocycles. The van der Waals surface area contributed by atoms with E-state index in [1.54, 1.807) is 16.8 Å². The Kier molecular flexibility index (Phi) is 7.16. The average Bonchev–Trinajstić information content (AvgIpc) is 3.19. The molecule has 1 amide bonds. The van der Waals surface area contributed by atoms with Gasteiger partial charge in [-0.15, -0.1) is 34.4 Å². The van der Waals surface area contributed by atoms with Crippen molar-refractivity contribution < 1.29 is 10.0 Å². The zero-order valence-corrected chi connectivity index (χ0v) is 17.1. The Morgan fingerprint density at radius 1 is 1.26 bits per heavy atom. The monoisotopic (exact) mass is 433 g/mol. The van der Waals surface area contributed by atoms with Gasteiger partial charge in [0.15, 0.2) is 0 Å². The van der Waals surface area contributed by atoms with Gasteiger partial charge in [-0.05, 0) is 72.6 Å². The zero-order chi connectivity index (χ0) is 16.9. The SMILES string of the molecule is CSC(C)(CCCCc1ccc(-c2ccc(Br)s2)s1)C(=O)NO. The molecule has 0 aliphatic carbocycles. The fourth-order valence-electron chi connectivity index (χ4n) is 2.28. The highest BCUT2D eigenvalue weighted by Crippen LogP contribution is 2.36. The number of carbonyl (C=O) groups excluding carboxylic acids is 1. The molecule has 0 spiro atoms. The summed E-state index contributed by atoms with van der Waals surface area (Å²) in [7, 11) is 0. The van der Waals surface area contributed by atoms with Crippen molar-refractivity contribution in [2.75, 3.05) is 6.26 Å². The van der Waals surface area contributed by atoms with E-state index in [4.69, 9.17) is 5.21 Å². The van der Waals surface area contributed by atoms with Gasteiger partial charge in [0.2, 0.25) is 0 Å². The molecule has 1 atom stereocenters. The van der Waals surface area contributed by atoms with Gasteiger partial charge in [-0.2, -0.15) is 0 Å². The van der Waals surface area contributed by atoms with E-state index >= 15 is 0 Å². The largest absolute Gasteiger partial charge is 0.289 e. The van der Waals surface area contributed by atoms with Gasteiger partial charge >= 0.3 is 0 Å². The second-order valence-electron chi connectivity index (χ2n) is 5.45. The highest BCUT2D eigenvalue weighted by molar-refractivity contribution is 9.11. The number of carbonyl (C=O) groups is 1. The fourth-order valence-corrected chi connectivity index (χ4v) is 5.38. The lowest BCUT2D eigenvalue weighted by molar-refractivity contribution is -0.131. The molecule has 2 N–H and O–H groups in total. The Balaban J connectivity index is 1.83. The third kappa shape index (κ3) is 5.06. The van der Waals surface area contributed by atoms with Crippen LogP contribution in [-0.2, 0) is 11.2 Å². The molecule has 0 saturated heterocycles. The number of hydrogen-bond acceptors (Lipinski definition) is 5. The molecule has 23 heavy (non-hydrogen) atoms. The summed E-state index contributed by atoms with van der Waals surface area (Å²) in [6, 6.07) is 8.60. The molecule has 7 heteroatoms. The molecular formula is C16H20BrNO2S3. The highest BCUT2D eigenvalue weighted by Gasteiger charge is 2.31. The summed E-state index contributed by atoms with van der Waals surface area (Å²) in [5.74, 6) is -0.313. The number of aryl methyl sites for hydroxylation is 1. The van der Waals surface area contributed by atoms with Crippen LogP contribution in [0.2, 0.25) is 0 Å². The van der Waals surface area contributed by atoms with Crippen LogP contribution in [0, 0.1) is 0 Å². The van der Waals surface area contributed by atoms with Crippen molar-refractivity contribution in [2.24, 2.45) is 0 Å². The van der Waals surface area contributed by atoms with E-state index < -0.39 is 4.75 Å². The molecule has 0 aromatic carbocycles. The maximum absolute atomic E-state index is 11.7. The van der Waals surface area contributed by atoms with Gasteiger partial charge in [0.25, 0.3) is 5.91 Å². The number of hydrogen-bond donors (Lipinski definition) is 2. The van der Waals surface area contributed by atoms with Crippen molar-refractivity contribution in [3.05, 3.63) is 32.9 Å². The number of rotatable bonds is 8. The van der Waals surface area contributed by atoms with Crippen LogP contribution in [0.4, 0.5) is 0 Å². The van der Waals surface area contributed by atoms with E-state index in [0.717, 1.165) is 29.5 Å². The Morgan fingerprint density at radius 2 is 1.96 bits per heavy atom. The van der Waals surface area contributed by atoms with Crippen LogP contribution in [0.5, 0.6) is 0 Å². The van der Waals surface area contributed by atoms with Crippen molar-refractivity contribution >= 4 is 56.3 Å². The van der Waals surface area contributed by atoms with E-state index in [2.05, 4.69) is 40.2 Å². The molecule has 0 aliphatic rings. The number of amides is 1. The van der Waals surface area contributed by atoms with E-state index in [-0.39, 0.29) is 5.91 Å². The van der Waals surface area contributed by atoms with Crippen molar-refractivity contribution in [3.63, 3.8) is 0 Å². The van der Waals surface area contributed by atoms with Crippen molar-refractivity contribution in [1.82, 2.24) is 5.48 Å². The van der Waals surface area contributed by atoms with Gasteiger partial charge in [0.1, 0.15) is 0 Å². The minimum absolute atomic E-state index is 0.313. The van der Waals surface area contributed by atoms with Crippen molar-refractivity contribution in [1.29, 1.82) is 0 Å². The van der Waals surface area contributed by atoms with Crippen molar-refractivity contribution in [3.8, 4) is 9.75 Å². The van der Waals surface area contributed by atoms with E-state index in [1.165, 1.54) is 26.4 Å². The highest BCUT2D eigenvalue weighted by atomic mass is 79.9. The second-order valence-corrected chi connectivity index (χ2v) is 10.4. The van der Waals surface area contributed by atoms with Gasteiger partial charge in [-0.1, -0.05) is 6.42 Å². The number of unbranched alkanes of at least 4 members (excludes halogenated alkanes) is 1. The predicted molar refractivity (Wildman–Crippen MR) is 105 cm³/mol. The summed E-state index contributed by atoms with van der Waals surface area (Å²) in [5, 5.41) is 8.84. The van der Waals surface area contributed by atoms with Crippen LogP contribution in [0.1, 0.15) is 31.1 Å². The molecule has 0 fully saturated rings. The van der Waals surface area contributed by atoms with Gasteiger partial charge in [-0.25, -0.2) is 5.48 Å². The first-order valence-electron chi connectivity index (χ1n) is 7.32. The number of halogens is 1. The van der Waals surface area contributed by atoms with Gasteiger partial charge < -0.3 is 0 Å². The molecule has 2 heterocycles. The molecule has 2 aromatic heterocycles. The first-order valence-corrected chi connectivity index (χ1v) is 11.0. The van der Waals surface area contributed by atoms with Crippen LogP contribution in [0.3, 0.4) is 0 Å². The summed E-state index contributed by atoms with van der Waals surface area (Å²) in [6.07, 6.45) is 5.70. The minimum atomic E-state index is -0.557. The van der Waals surface area contributed by atoms with Gasteiger partial charge in [-0.3, -0.25) is 10.0 Å². The molecule has 0 radical (unpaired) electrons. The van der Waals surface area contributed by atoms with E-state index in [0.29, 0.717) is 0 Å².